The van der Waals surface area contributed by atoms with Crippen LogP contribution in [0.5, 0.6) is 11.5 Å². The number of sulfonamides is 1. The van der Waals surface area contributed by atoms with Gasteiger partial charge in [-0.15, -0.1) is 6.58 Å². The smallest absolute Gasteiger partial charge is 0.261 e. The second kappa shape index (κ2) is 6.86. The van der Waals surface area contributed by atoms with Crippen LogP contribution >= 0.6 is 0 Å². The van der Waals surface area contributed by atoms with Crippen LogP contribution < -0.4 is 19.5 Å². The molecule has 0 aliphatic carbocycles. The number of hydrogen-bond acceptors (Lipinski definition) is 5. The molecule has 2 aromatic carbocycles. The second-order valence-electron chi connectivity index (χ2n) is 5.20. The third-order valence-corrected chi connectivity index (χ3v) is 4.82. The van der Waals surface area contributed by atoms with Gasteiger partial charge < -0.3 is 14.8 Å². The Labute approximate surface area is 145 Å². The molecule has 1 aliphatic rings. The predicted octanol–water partition coefficient (Wildman–Crippen LogP) is 2.13. The number of fused-ring (bicyclic) bond motifs is 1. The van der Waals surface area contributed by atoms with Crippen LogP contribution in [0.4, 0.5) is 5.69 Å². The monoisotopic (exact) mass is 360 g/mol. The fourth-order valence-corrected chi connectivity index (χ4v) is 3.34. The summed E-state index contributed by atoms with van der Waals surface area (Å²) in [4.78, 5) is 11.9. The van der Waals surface area contributed by atoms with Crippen LogP contribution in [-0.2, 0) is 10.0 Å². The van der Waals surface area contributed by atoms with E-state index in [1.807, 2.05) is 0 Å². The second-order valence-corrected chi connectivity index (χ2v) is 6.88. The number of amides is 1. The molecule has 130 valence electrons. The average Bonchev–Trinajstić information content (AvgIpc) is 3.07. The molecular formula is C17H16N2O5S. The molecule has 0 unspecified atom stereocenters. The summed E-state index contributed by atoms with van der Waals surface area (Å²) in [5.41, 5.74) is 0.584. The van der Waals surface area contributed by atoms with Crippen LogP contribution in [0.2, 0.25) is 0 Å². The third-order valence-electron chi connectivity index (χ3n) is 3.44. The zero-order valence-corrected chi connectivity index (χ0v) is 14.0. The van der Waals surface area contributed by atoms with Gasteiger partial charge in [0.05, 0.1) is 10.6 Å². The van der Waals surface area contributed by atoms with E-state index >= 15 is 0 Å². The van der Waals surface area contributed by atoms with Gasteiger partial charge in [0.1, 0.15) is 0 Å². The van der Waals surface area contributed by atoms with Crippen molar-refractivity contribution in [1.82, 2.24) is 5.32 Å². The zero-order valence-electron chi connectivity index (χ0n) is 13.2. The van der Waals surface area contributed by atoms with Crippen LogP contribution in [0.1, 0.15) is 10.4 Å². The minimum atomic E-state index is -3.85. The number of hydrogen-bond donors (Lipinski definition) is 2. The van der Waals surface area contributed by atoms with Crippen molar-refractivity contribution in [2.75, 3.05) is 18.1 Å². The molecule has 7 nitrogen and oxygen atoms in total. The van der Waals surface area contributed by atoms with E-state index in [1.54, 1.807) is 24.3 Å². The molecule has 2 N–H and O–H groups in total. The number of carbonyl (C=O) groups excluding carboxylic acids is 1. The summed E-state index contributed by atoms with van der Waals surface area (Å²) >= 11 is 0. The molecule has 0 fully saturated rings. The van der Waals surface area contributed by atoms with Crippen molar-refractivity contribution in [3.8, 4) is 11.5 Å². The summed E-state index contributed by atoms with van der Waals surface area (Å²) in [7, 11) is -3.85. The van der Waals surface area contributed by atoms with E-state index in [2.05, 4.69) is 16.6 Å². The molecule has 3 rings (SSSR count). The SMILES string of the molecule is C=CCNC(=O)c1cccc(S(=O)(=O)Nc2ccc3c(c2)OCO3)c1. The summed E-state index contributed by atoms with van der Waals surface area (Å²) in [5.74, 6) is 0.654. The highest BCUT2D eigenvalue weighted by Gasteiger charge is 2.19. The van der Waals surface area contributed by atoms with Gasteiger partial charge in [-0.3, -0.25) is 9.52 Å². The third kappa shape index (κ3) is 3.74. The largest absolute Gasteiger partial charge is 0.454 e. The van der Waals surface area contributed by atoms with E-state index in [4.69, 9.17) is 9.47 Å². The van der Waals surface area contributed by atoms with Gasteiger partial charge in [0, 0.05) is 18.2 Å². The van der Waals surface area contributed by atoms with Gasteiger partial charge >= 0.3 is 0 Å². The van der Waals surface area contributed by atoms with Crippen molar-refractivity contribution in [3.05, 3.63) is 60.7 Å². The van der Waals surface area contributed by atoms with Gasteiger partial charge in [-0.05, 0) is 30.3 Å². The van der Waals surface area contributed by atoms with Crippen molar-refractivity contribution >= 4 is 21.6 Å². The molecule has 0 bridgehead atoms. The molecule has 1 amide bonds. The van der Waals surface area contributed by atoms with Crippen LogP contribution in [0.3, 0.4) is 0 Å². The highest BCUT2D eigenvalue weighted by Crippen LogP contribution is 2.34. The average molecular weight is 360 g/mol. The van der Waals surface area contributed by atoms with Gasteiger partial charge in [0.25, 0.3) is 15.9 Å². The summed E-state index contributed by atoms with van der Waals surface area (Å²) in [6, 6.07) is 10.5. The molecule has 1 heterocycles. The maximum Gasteiger partial charge on any atom is 0.261 e. The first kappa shape index (κ1) is 16.8. The number of rotatable bonds is 6. The van der Waals surface area contributed by atoms with E-state index < -0.39 is 10.0 Å². The number of nitrogens with one attached hydrogen (secondary N) is 2. The van der Waals surface area contributed by atoms with E-state index in [-0.39, 0.29) is 23.2 Å². The molecule has 0 saturated heterocycles. The van der Waals surface area contributed by atoms with Crippen molar-refractivity contribution in [1.29, 1.82) is 0 Å². The lowest BCUT2D eigenvalue weighted by Crippen LogP contribution is -2.23. The van der Waals surface area contributed by atoms with Crippen LogP contribution in [0, 0.1) is 0 Å². The Kier molecular flexibility index (Phi) is 4.62. The van der Waals surface area contributed by atoms with Crippen LogP contribution in [0.15, 0.2) is 60.0 Å². The van der Waals surface area contributed by atoms with Gasteiger partial charge in [-0.25, -0.2) is 8.42 Å². The standard InChI is InChI=1S/C17H16N2O5S/c1-2-8-18-17(20)12-4-3-5-14(9-12)25(21,22)19-13-6-7-15-16(10-13)24-11-23-15/h2-7,9-10,19H,1,8,11H2,(H,18,20). The van der Waals surface area contributed by atoms with Crippen LogP contribution in [-0.4, -0.2) is 27.7 Å². The van der Waals surface area contributed by atoms with E-state index in [9.17, 15) is 13.2 Å². The molecule has 25 heavy (non-hydrogen) atoms. The normalized spacial score (nSPS) is 12.5. The Bertz CT molecular complexity index is 924. The van der Waals surface area contributed by atoms with E-state index in [1.165, 1.54) is 24.3 Å². The van der Waals surface area contributed by atoms with Gasteiger partial charge in [-0.1, -0.05) is 12.1 Å². The first-order valence-electron chi connectivity index (χ1n) is 7.41. The molecule has 0 saturated carbocycles. The highest BCUT2D eigenvalue weighted by molar-refractivity contribution is 7.92. The van der Waals surface area contributed by atoms with E-state index in [0.29, 0.717) is 23.7 Å². The lowest BCUT2D eigenvalue weighted by molar-refractivity contribution is 0.0958. The fourth-order valence-electron chi connectivity index (χ4n) is 2.25. The number of ether oxygens (including phenoxy) is 2. The topological polar surface area (TPSA) is 93.7 Å². The van der Waals surface area contributed by atoms with Crippen molar-refractivity contribution in [3.63, 3.8) is 0 Å². The molecule has 1 aliphatic heterocycles. The van der Waals surface area contributed by atoms with Crippen molar-refractivity contribution in [2.45, 2.75) is 4.90 Å². The lowest BCUT2D eigenvalue weighted by Gasteiger charge is -2.10. The maximum atomic E-state index is 12.6. The summed E-state index contributed by atoms with van der Waals surface area (Å²) in [6.07, 6.45) is 1.54. The Morgan fingerprint density at radius 2 is 1.96 bits per heavy atom. The Morgan fingerprint density at radius 3 is 2.76 bits per heavy atom. The molecule has 0 aromatic heterocycles. The lowest BCUT2D eigenvalue weighted by atomic mass is 10.2. The number of carbonyl (C=O) groups is 1. The van der Waals surface area contributed by atoms with Gasteiger partial charge in [0.2, 0.25) is 6.79 Å². The molecule has 0 spiro atoms. The first-order chi connectivity index (χ1) is 12.0. The Hall–Kier alpha value is -3.00. The van der Waals surface area contributed by atoms with Gasteiger partial charge in [-0.2, -0.15) is 0 Å². The molecule has 2 aromatic rings. The Morgan fingerprint density at radius 1 is 1.16 bits per heavy atom. The number of anilines is 1. The quantitative estimate of drug-likeness (QED) is 0.770. The summed E-state index contributed by atoms with van der Waals surface area (Å²) in [6.45, 7) is 3.92. The van der Waals surface area contributed by atoms with Crippen molar-refractivity contribution < 1.29 is 22.7 Å². The maximum absolute atomic E-state index is 12.6. The highest BCUT2D eigenvalue weighted by atomic mass is 32.2. The predicted molar refractivity (Wildman–Crippen MR) is 92.3 cm³/mol. The zero-order chi connectivity index (χ0) is 17.9. The minimum absolute atomic E-state index is 0.0172. The van der Waals surface area contributed by atoms with Gasteiger partial charge in [0.15, 0.2) is 11.5 Å². The molecular weight excluding hydrogens is 344 g/mol. The Balaban J connectivity index is 1.82. The van der Waals surface area contributed by atoms with Crippen LogP contribution in [0.25, 0.3) is 0 Å². The fraction of sp³-hybridized carbons (Fsp3) is 0.118. The number of benzene rings is 2. The van der Waals surface area contributed by atoms with E-state index in [0.717, 1.165) is 0 Å². The first-order valence-corrected chi connectivity index (χ1v) is 8.89. The molecule has 0 atom stereocenters. The minimum Gasteiger partial charge on any atom is -0.454 e. The van der Waals surface area contributed by atoms with Crippen molar-refractivity contribution in [2.24, 2.45) is 0 Å². The molecule has 8 heteroatoms. The summed E-state index contributed by atoms with van der Waals surface area (Å²) in [5, 5.41) is 2.60. The molecule has 0 radical (unpaired) electrons. The summed E-state index contributed by atoms with van der Waals surface area (Å²) < 4.78 is 38.0.